The summed E-state index contributed by atoms with van der Waals surface area (Å²) in [5.74, 6) is 0.427. The van der Waals surface area contributed by atoms with Crippen molar-refractivity contribution in [3.8, 4) is 11.5 Å². The van der Waals surface area contributed by atoms with Gasteiger partial charge < -0.3 is 9.47 Å². The number of fused-ring (bicyclic) bond motifs is 1. The van der Waals surface area contributed by atoms with Crippen LogP contribution in [0.4, 0.5) is 4.39 Å². The fraction of sp³-hybridized carbons (Fsp3) is 0.375. The Morgan fingerprint density at radius 1 is 1.26 bits per heavy atom. The lowest BCUT2D eigenvalue weighted by atomic mass is 9.99. The van der Waals surface area contributed by atoms with Gasteiger partial charge in [-0.25, -0.2) is 0 Å². The van der Waals surface area contributed by atoms with E-state index in [9.17, 15) is 4.39 Å². The molecule has 0 spiro atoms. The van der Waals surface area contributed by atoms with E-state index in [0.29, 0.717) is 5.76 Å². The Morgan fingerprint density at radius 2 is 1.89 bits per heavy atom. The van der Waals surface area contributed by atoms with Gasteiger partial charge in [-0.1, -0.05) is 6.58 Å². The van der Waals surface area contributed by atoms with Gasteiger partial charge in [0.1, 0.15) is 11.4 Å². The van der Waals surface area contributed by atoms with Crippen LogP contribution in [0.2, 0.25) is 0 Å². The van der Waals surface area contributed by atoms with Crippen molar-refractivity contribution in [3.05, 3.63) is 41.4 Å². The number of benzene rings is 1. The summed E-state index contributed by atoms with van der Waals surface area (Å²) < 4.78 is 25.7. The Hall–Kier alpha value is -1.77. The standard InChI is InChI=1S/C16H19FO2/c1-9-7-11(3)18-15-12(9)8-10(2)14(13(15)17)19-16(4,5)6/h7-8H,3H2,1-2,4-6H3. The minimum atomic E-state index is -0.462. The van der Waals surface area contributed by atoms with E-state index in [-0.39, 0.29) is 11.5 Å². The fourth-order valence-corrected chi connectivity index (χ4v) is 2.05. The highest BCUT2D eigenvalue weighted by Gasteiger charge is 2.25. The monoisotopic (exact) mass is 262 g/mol. The molecule has 1 heterocycles. The lowest BCUT2D eigenvalue weighted by Crippen LogP contribution is -2.24. The molecule has 0 aliphatic carbocycles. The second kappa shape index (κ2) is 4.41. The highest BCUT2D eigenvalue weighted by Crippen LogP contribution is 2.41. The molecule has 0 N–H and O–H groups in total. The first-order valence-corrected chi connectivity index (χ1v) is 6.26. The zero-order chi connectivity index (χ0) is 14.4. The maximum Gasteiger partial charge on any atom is 0.208 e. The number of allylic oxidation sites excluding steroid dienone is 2. The van der Waals surface area contributed by atoms with Gasteiger partial charge in [-0.2, -0.15) is 4.39 Å². The van der Waals surface area contributed by atoms with E-state index in [4.69, 9.17) is 9.47 Å². The summed E-state index contributed by atoms with van der Waals surface area (Å²) in [6.45, 7) is 13.1. The van der Waals surface area contributed by atoms with Crippen molar-refractivity contribution in [2.24, 2.45) is 0 Å². The maximum absolute atomic E-state index is 14.6. The number of halogens is 1. The van der Waals surface area contributed by atoms with Gasteiger partial charge in [0, 0.05) is 5.56 Å². The number of ether oxygens (including phenoxy) is 2. The van der Waals surface area contributed by atoms with Crippen LogP contribution in [0.3, 0.4) is 0 Å². The molecule has 0 bridgehead atoms. The molecule has 2 rings (SSSR count). The molecule has 102 valence electrons. The van der Waals surface area contributed by atoms with Gasteiger partial charge in [-0.3, -0.25) is 0 Å². The molecule has 1 aliphatic heterocycles. The van der Waals surface area contributed by atoms with Crippen molar-refractivity contribution in [1.82, 2.24) is 0 Å². The molecule has 1 aromatic carbocycles. The van der Waals surface area contributed by atoms with Gasteiger partial charge in [0.25, 0.3) is 0 Å². The lowest BCUT2D eigenvalue weighted by molar-refractivity contribution is 0.122. The summed E-state index contributed by atoms with van der Waals surface area (Å²) in [7, 11) is 0. The summed E-state index contributed by atoms with van der Waals surface area (Å²) in [5, 5.41) is 0. The van der Waals surface area contributed by atoms with Gasteiger partial charge in [-0.15, -0.1) is 0 Å². The van der Waals surface area contributed by atoms with Crippen LogP contribution in [-0.2, 0) is 0 Å². The summed E-state index contributed by atoms with van der Waals surface area (Å²) in [4.78, 5) is 0. The maximum atomic E-state index is 14.6. The Kier molecular flexibility index (Phi) is 3.17. The Morgan fingerprint density at radius 3 is 2.47 bits per heavy atom. The average Bonchev–Trinajstić information content (AvgIpc) is 2.25. The molecule has 1 aromatic rings. The number of hydrogen-bond acceptors (Lipinski definition) is 2. The highest BCUT2D eigenvalue weighted by atomic mass is 19.1. The first-order valence-electron chi connectivity index (χ1n) is 6.26. The molecule has 0 saturated heterocycles. The third-order valence-electron chi connectivity index (χ3n) is 2.81. The van der Waals surface area contributed by atoms with Gasteiger partial charge >= 0.3 is 0 Å². The van der Waals surface area contributed by atoms with Gasteiger partial charge in [0.05, 0.1) is 0 Å². The summed E-state index contributed by atoms with van der Waals surface area (Å²) in [5.41, 5.74) is 1.99. The topological polar surface area (TPSA) is 18.5 Å². The largest absolute Gasteiger partial charge is 0.485 e. The Bertz CT molecular complexity index is 577. The first kappa shape index (κ1) is 13.7. The van der Waals surface area contributed by atoms with Crippen molar-refractivity contribution >= 4 is 5.57 Å². The van der Waals surface area contributed by atoms with Gasteiger partial charge in [0.2, 0.25) is 5.82 Å². The molecule has 0 aromatic heterocycles. The molecule has 0 saturated carbocycles. The molecule has 0 fully saturated rings. The van der Waals surface area contributed by atoms with E-state index in [2.05, 4.69) is 6.58 Å². The minimum absolute atomic E-state index is 0.204. The predicted octanol–water partition coefficient (Wildman–Crippen LogP) is 4.62. The van der Waals surface area contributed by atoms with Crippen molar-refractivity contribution in [3.63, 3.8) is 0 Å². The first-order chi connectivity index (χ1) is 8.69. The Labute approximate surface area is 113 Å². The summed E-state index contributed by atoms with van der Waals surface area (Å²) >= 11 is 0. The molecule has 1 aliphatic rings. The van der Waals surface area contributed by atoms with Crippen LogP contribution in [0.25, 0.3) is 5.57 Å². The smallest absolute Gasteiger partial charge is 0.208 e. The molecular formula is C16H19FO2. The Balaban J connectivity index is 2.59. The van der Waals surface area contributed by atoms with Gasteiger partial charge in [-0.05, 0) is 57.9 Å². The molecule has 3 heteroatoms. The normalized spacial score (nSPS) is 14.6. The van der Waals surface area contributed by atoms with Crippen LogP contribution in [0, 0.1) is 12.7 Å². The molecule has 0 unspecified atom stereocenters. The van der Waals surface area contributed by atoms with Crippen molar-refractivity contribution in [2.45, 2.75) is 40.2 Å². The molecule has 19 heavy (non-hydrogen) atoms. The summed E-state index contributed by atoms with van der Waals surface area (Å²) in [6, 6.07) is 1.89. The third-order valence-corrected chi connectivity index (χ3v) is 2.81. The van der Waals surface area contributed by atoms with E-state index < -0.39 is 11.4 Å². The van der Waals surface area contributed by atoms with Crippen LogP contribution in [0.15, 0.2) is 24.5 Å². The van der Waals surface area contributed by atoms with E-state index in [1.807, 2.05) is 40.7 Å². The van der Waals surface area contributed by atoms with Crippen molar-refractivity contribution in [1.29, 1.82) is 0 Å². The molecular weight excluding hydrogens is 243 g/mol. The van der Waals surface area contributed by atoms with Crippen molar-refractivity contribution < 1.29 is 13.9 Å². The van der Waals surface area contributed by atoms with E-state index in [1.165, 1.54) is 0 Å². The van der Waals surface area contributed by atoms with Gasteiger partial charge in [0.15, 0.2) is 11.5 Å². The third kappa shape index (κ3) is 2.65. The van der Waals surface area contributed by atoms with E-state index in [1.54, 1.807) is 6.08 Å². The van der Waals surface area contributed by atoms with Crippen LogP contribution >= 0.6 is 0 Å². The molecule has 0 amide bonds. The van der Waals surface area contributed by atoms with E-state index >= 15 is 0 Å². The predicted molar refractivity (Wildman–Crippen MR) is 74.9 cm³/mol. The van der Waals surface area contributed by atoms with E-state index in [0.717, 1.165) is 16.7 Å². The molecule has 2 nitrogen and oxygen atoms in total. The second-order valence-electron chi connectivity index (χ2n) is 5.82. The quantitative estimate of drug-likeness (QED) is 0.735. The highest BCUT2D eigenvalue weighted by molar-refractivity contribution is 5.75. The SMILES string of the molecule is C=C1C=C(C)c2cc(C)c(OC(C)(C)C)c(F)c2O1. The zero-order valence-corrected chi connectivity index (χ0v) is 12.1. The number of rotatable bonds is 1. The van der Waals surface area contributed by atoms with Crippen LogP contribution in [0.1, 0.15) is 38.8 Å². The second-order valence-corrected chi connectivity index (χ2v) is 5.82. The van der Waals surface area contributed by atoms with Crippen LogP contribution in [0.5, 0.6) is 11.5 Å². The zero-order valence-electron chi connectivity index (χ0n) is 12.1. The fourth-order valence-electron chi connectivity index (χ4n) is 2.05. The summed E-state index contributed by atoms with van der Waals surface area (Å²) in [6.07, 6.45) is 1.80. The van der Waals surface area contributed by atoms with Crippen LogP contribution < -0.4 is 9.47 Å². The molecule has 0 radical (unpaired) electrons. The lowest BCUT2D eigenvalue weighted by Gasteiger charge is -2.26. The number of aryl methyl sites for hydroxylation is 1. The molecule has 0 atom stereocenters. The number of hydrogen-bond donors (Lipinski definition) is 0. The average molecular weight is 262 g/mol. The minimum Gasteiger partial charge on any atom is -0.485 e. The van der Waals surface area contributed by atoms with Crippen molar-refractivity contribution in [2.75, 3.05) is 0 Å². The van der Waals surface area contributed by atoms with Crippen LogP contribution in [-0.4, -0.2) is 5.60 Å².